The number of rotatable bonds is 5. The molecule has 2 unspecified atom stereocenters. The first-order valence-electron chi connectivity index (χ1n) is 10.1. The van der Waals surface area contributed by atoms with E-state index in [1.54, 1.807) is 24.3 Å². The van der Waals surface area contributed by atoms with Crippen LogP contribution in [0.15, 0.2) is 48.5 Å². The van der Waals surface area contributed by atoms with E-state index < -0.39 is 0 Å². The lowest BCUT2D eigenvalue weighted by Crippen LogP contribution is -2.44. The third-order valence-corrected chi connectivity index (χ3v) is 6.07. The number of halogens is 1. The zero-order valence-electron chi connectivity index (χ0n) is 16.7. The summed E-state index contributed by atoms with van der Waals surface area (Å²) in [6.45, 7) is 4.08. The maximum Gasteiger partial charge on any atom is 0.262 e. The number of amides is 1. The van der Waals surface area contributed by atoms with Crippen molar-refractivity contribution in [3.8, 4) is 5.75 Å². The van der Waals surface area contributed by atoms with Gasteiger partial charge in [0.1, 0.15) is 11.6 Å². The molecule has 154 valence electrons. The number of aryl methyl sites for hydroxylation is 1. The van der Waals surface area contributed by atoms with E-state index in [2.05, 4.69) is 28.5 Å². The molecule has 0 radical (unpaired) electrons. The molecule has 2 aliphatic heterocycles. The summed E-state index contributed by atoms with van der Waals surface area (Å²) in [5, 5.41) is 8.10. The van der Waals surface area contributed by atoms with Crippen molar-refractivity contribution in [3.63, 3.8) is 0 Å². The molecule has 3 aromatic rings. The molecule has 5 rings (SSSR count). The predicted octanol–water partition coefficient (Wildman–Crippen LogP) is 3.76. The Morgan fingerprint density at radius 1 is 1.27 bits per heavy atom. The Morgan fingerprint density at radius 3 is 2.83 bits per heavy atom. The van der Waals surface area contributed by atoms with Crippen molar-refractivity contribution in [1.82, 2.24) is 10.3 Å². The van der Waals surface area contributed by atoms with Crippen LogP contribution in [0.4, 0.5) is 11.5 Å². The Morgan fingerprint density at radius 2 is 2.10 bits per heavy atom. The largest absolute Gasteiger partial charge is 0.484 e. The molecule has 2 saturated heterocycles. The van der Waals surface area contributed by atoms with Crippen LogP contribution in [0.1, 0.15) is 12.0 Å². The molecular weight excluding hydrogens is 400 g/mol. The van der Waals surface area contributed by atoms with E-state index in [-0.39, 0.29) is 12.5 Å². The third-order valence-electron chi connectivity index (χ3n) is 5.82. The summed E-state index contributed by atoms with van der Waals surface area (Å²) in [4.78, 5) is 19.6. The van der Waals surface area contributed by atoms with Gasteiger partial charge >= 0.3 is 0 Å². The monoisotopic (exact) mass is 422 g/mol. The summed E-state index contributed by atoms with van der Waals surface area (Å²) in [6, 6.07) is 16.0. The second-order valence-electron chi connectivity index (χ2n) is 7.97. The highest BCUT2D eigenvalue weighted by molar-refractivity contribution is 6.30. The van der Waals surface area contributed by atoms with Gasteiger partial charge in [0.2, 0.25) is 0 Å². The van der Waals surface area contributed by atoms with Crippen molar-refractivity contribution in [2.75, 3.05) is 29.9 Å². The minimum atomic E-state index is -0.216. The average Bonchev–Trinajstić information content (AvgIpc) is 3.37. The number of aromatic nitrogens is 1. The second kappa shape index (κ2) is 7.78. The van der Waals surface area contributed by atoms with E-state index in [9.17, 15) is 4.79 Å². The molecule has 6 nitrogen and oxygen atoms in total. The van der Waals surface area contributed by atoms with Gasteiger partial charge in [0.05, 0.1) is 5.52 Å². The minimum absolute atomic E-state index is 0.0681. The molecule has 0 aliphatic carbocycles. The van der Waals surface area contributed by atoms with Crippen LogP contribution in [0.3, 0.4) is 0 Å². The summed E-state index contributed by atoms with van der Waals surface area (Å²) in [6.07, 6.45) is 1.20. The first-order valence-corrected chi connectivity index (χ1v) is 10.5. The third kappa shape index (κ3) is 3.80. The van der Waals surface area contributed by atoms with Gasteiger partial charge in [-0.15, -0.1) is 0 Å². The fraction of sp³-hybridized carbons (Fsp3) is 0.304. The quantitative estimate of drug-likeness (QED) is 0.655. The van der Waals surface area contributed by atoms with Gasteiger partial charge < -0.3 is 20.3 Å². The second-order valence-corrected chi connectivity index (χ2v) is 8.40. The van der Waals surface area contributed by atoms with Gasteiger partial charge in [-0.25, -0.2) is 4.98 Å². The Bertz CT molecular complexity index is 1100. The topological polar surface area (TPSA) is 66.5 Å². The molecule has 2 bridgehead atoms. The molecule has 3 heterocycles. The Labute approximate surface area is 180 Å². The van der Waals surface area contributed by atoms with Gasteiger partial charge in [-0.3, -0.25) is 4.79 Å². The molecular formula is C23H23ClN4O2. The van der Waals surface area contributed by atoms with Crippen LogP contribution in [0.25, 0.3) is 10.9 Å². The number of hydrogen-bond acceptors (Lipinski definition) is 5. The van der Waals surface area contributed by atoms with E-state index in [1.165, 1.54) is 6.42 Å². The van der Waals surface area contributed by atoms with Gasteiger partial charge in [0.25, 0.3) is 5.91 Å². The van der Waals surface area contributed by atoms with E-state index in [4.69, 9.17) is 21.3 Å². The maximum atomic E-state index is 12.3. The normalized spacial score (nSPS) is 20.0. The minimum Gasteiger partial charge on any atom is -0.484 e. The number of fused-ring (bicyclic) bond motifs is 3. The number of nitrogens with zero attached hydrogens (tertiary/aromatic N) is 2. The number of hydrogen-bond donors (Lipinski definition) is 2. The van der Waals surface area contributed by atoms with E-state index >= 15 is 0 Å². The van der Waals surface area contributed by atoms with Crippen LogP contribution < -0.4 is 20.3 Å². The van der Waals surface area contributed by atoms with Crippen molar-refractivity contribution in [3.05, 3.63) is 59.1 Å². The van der Waals surface area contributed by atoms with Crippen molar-refractivity contribution in [2.24, 2.45) is 0 Å². The van der Waals surface area contributed by atoms with Crippen LogP contribution in [0.5, 0.6) is 5.75 Å². The van der Waals surface area contributed by atoms with Crippen molar-refractivity contribution in [1.29, 1.82) is 0 Å². The number of nitrogens with one attached hydrogen (secondary N) is 2. The molecule has 0 saturated carbocycles. The van der Waals surface area contributed by atoms with Crippen LogP contribution in [-0.2, 0) is 4.79 Å². The van der Waals surface area contributed by atoms with Crippen molar-refractivity contribution < 1.29 is 9.53 Å². The number of piperazine rings is 1. The van der Waals surface area contributed by atoms with Crippen LogP contribution >= 0.6 is 11.6 Å². The lowest BCUT2D eigenvalue weighted by Gasteiger charge is -2.29. The fourth-order valence-electron chi connectivity index (χ4n) is 4.32. The number of carbonyl (C=O) groups excluding carboxylic acids is 1. The fourth-order valence-corrected chi connectivity index (χ4v) is 4.45. The first kappa shape index (κ1) is 19.2. The number of anilines is 2. The average molecular weight is 423 g/mol. The van der Waals surface area contributed by atoms with Crippen molar-refractivity contribution >= 4 is 39.9 Å². The Kier molecular flexibility index (Phi) is 4.97. The lowest BCUT2D eigenvalue weighted by atomic mass is 10.1. The van der Waals surface area contributed by atoms with Crippen LogP contribution in [0, 0.1) is 6.92 Å². The van der Waals surface area contributed by atoms with Crippen molar-refractivity contribution in [2.45, 2.75) is 25.4 Å². The highest BCUT2D eigenvalue weighted by atomic mass is 35.5. The SMILES string of the molecule is Cc1cc(N2CC3CC2CN3)nc2ccc(NC(=O)COc3ccc(Cl)cc3)cc12. The molecule has 2 atom stereocenters. The summed E-state index contributed by atoms with van der Waals surface area (Å²) in [5.41, 5.74) is 2.82. The number of carbonyl (C=O) groups is 1. The predicted molar refractivity (Wildman–Crippen MR) is 120 cm³/mol. The lowest BCUT2D eigenvalue weighted by molar-refractivity contribution is -0.118. The van der Waals surface area contributed by atoms with Crippen LogP contribution in [0.2, 0.25) is 5.02 Å². The summed E-state index contributed by atoms with van der Waals surface area (Å²) in [7, 11) is 0. The van der Waals surface area contributed by atoms with E-state index in [1.807, 2.05) is 18.2 Å². The summed E-state index contributed by atoms with van der Waals surface area (Å²) < 4.78 is 5.51. The number of benzene rings is 2. The van der Waals surface area contributed by atoms with E-state index in [0.29, 0.717) is 22.9 Å². The Balaban J connectivity index is 1.28. The summed E-state index contributed by atoms with van der Waals surface area (Å²) in [5.74, 6) is 1.43. The van der Waals surface area contributed by atoms with E-state index in [0.717, 1.165) is 41.1 Å². The van der Waals surface area contributed by atoms with Gasteiger partial charge in [0, 0.05) is 41.3 Å². The first-order chi connectivity index (χ1) is 14.5. The molecule has 2 fully saturated rings. The van der Waals surface area contributed by atoms with Crippen LogP contribution in [-0.4, -0.2) is 42.7 Å². The Hall–Kier alpha value is -2.83. The zero-order chi connectivity index (χ0) is 20.7. The molecule has 1 aromatic heterocycles. The highest BCUT2D eigenvalue weighted by Crippen LogP contribution is 2.31. The maximum absolute atomic E-state index is 12.3. The molecule has 2 N–H and O–H groups in total. The highest BCUT2D eigenvalue weighted by Gasteiger charge is 2.38. The van der Waals surface area contributed by atoms with Gasteiger partial charge in [-0.2, -0.15) is 0 Å². The summed E-state index contributed by atoms with van der Waals surface area (Å²) >= 11 is 5.86. The van der Waals surface area contributed by atoms with Gasteiger partial charge in [-0.05, 0) is 67.4 Å². The number of ether oxygens (including phenoxy) is 1. The molecule has 7 heteroatoms. The molecule has 2 aromatic carbocycles. The standard InChI is InChI=1S/C23H23ClN4O2/c1-14-8-22(28-12-17-9-18(28)11-25-17)27-21-7-4-16(10-20(14)21)26-23(29)13-30-19-5-2-15(24)3-6-19/h2-8,10,17-18,25H,9,11-13H2,1H3,(H,26,29). The smallest absolute Gasteiger partial charge is 0.262 e. The molecule has 0 spiro atoms. The molecule has 2 aliphatic rings. The van der Waals surface area contributed by atoms with Gasteiger partial charge in [-0.1, -0.05) is 11.6 Å². The molecule has 1 amide bonds. The zero-order valence-corrected chi connectivity index (χ0v) is 17.4. The number of pyridine rings is 1. The molecule has 30 heavy (non-hydrogen) atoms. The van der Waals surface area contributed by atoms with Gasteiger partial charge in [0.15, 0.2) is 6.61 Å².